The van der Waals surface area contributed by atoms with Gasteiger partial charge in [-0.1, -0.05) is 29.8 Å². The fourth-order valence-corrected chi connectivity index (χ4v) is 4.49. The number of rotatable bonds is 10. The number of nitrogens with zero attached hydrogens (tertiary/aromatic N) is 5. The number of nitro groups is 1. The van der Waals surface area contributed by atoms with E-state index in [1.165, 1.54) is 12.3 Å². The van der Waals surface area contributed by atoms with Crippen molar-refractivity contribution >= 4 is 28.5 Å². The molecule has 3 heterocycles. The molecular weight excluding hydrogens is 508 g/mol. The Morgan fingerprint density at radius 2 is 2.05 bits per heavy atom. The molecule has 3 aromatic rings. The number of hydrogen-bond acceptors (Lipinski definition) is 9. The molecule has 38 heavy (non-hydrogen) atoms. The van der Waals surface area contributed by atoms with Crippen LogP contribution >= 0.6 is 11.6 Å². The summed E-state index contributed by atoms with van der Waals surface area (Å²) in [5.41, 5.74) is 1.54. The van der Waals surface area contributed by atoms with Gasteiger partial charge in [-0.05, 0) is 40.9 Å². The summed E-state index contributed by atoms with van der Waals surface area (Å²) in [6.07, 6.45) is 4.74. The van der Waals surface area contributed by atoms with Crippen molar-refractivity contribution in [3.63, 3.8) is 0 Å². The first-order chi connectivity index (χ1) is 18.0. The van der Waals surface area contributed by atoms with Crippen molar-refractivity contribution in [3.05, 3.63) is 75.1 Å². The van der Waals surface area contributed by atoms with Crippen LogP contribution in [0.5, 0.6) is 0 Å². The number of halogens is 1. The monoisotopic (exact) mass is 540 g/mol. The molecule has 11 nitrogen and oxygen atoms in total. The Labute approximate surface area is 226 Å². The first kappa shape index (κ1) is 27.4. The lowest BCUT2D eigenvalue weighted by Gasteiger charge is -2.35. The molecule has 202 valence electrons. The average Bonchev–Trinajstić information content (AvgIpc) is 3.17. The number of likely N-dealkylation sites (N-methyl/N-ethyl adjacent to an activating group) is 1. The third kappa shape index (κ3) is 5.74. The number of aromatic nitrogens is 3. The van der Waals surface area contributed by atoms with Crippen LogP contribution in [0.3, 0.4) is 0 Å². The van der Waals surface area contributed by atoms with Gasteiger partial charge in [0.25, 0.3) is 5.70 Å². The summed E-state index contributed by atoms with van der Waals surface area (Å²) in [7, 11) is 5.84. The molecule has 0 saturated carbocycles. The van der Waals surface area contributed by atoms with Crippen molar-refractivity contribution in [2.45, 2.75) is 32.5 Å². The van der Waals surface area contributed by atoms with E-state index < -0.39 is 10.6 Å². The molecule has 1 atom stereocenters. The van der Waals surface area contributed by atoms with Crippen LogP contribution in [0.15, 0.2) is 60.0 Å². The van der Waals surface area contributed by atoms with Gasteiger partial charge in [-0.25, -0.2) is 9.97 Å². The van der Waals surface area contributed by atoms with Crippen LogP contribution in [0.25, 0.3) is 22.2 Å². The Kier molecular flexibility index (Phi) is 7.91. The number of para-hydroxylation sites is 1. The van der Waals surface area contributed by atoms with Crippen molar-refractivity contribution in [1.29, 1.82) is 0 Å². The Morgan fingerprint density at radius 1 is 1.32 bits per heavy atom. The molecule has 0 amide bonds. The lowest BCUT2D eigenvalue weighted by Crippen LogP contribution is -2.60. The zero-order valence-corrected chi connectivity index (χ0v) is 23.1. The van der Waals surface area contributed by atoms with Gasteiger partial charge in [-0.15, -0.1) is 0 Å². The van der Waals surface area contributed by atoms with Crippen LogP contribution in [0.1, 0.15) is 20.8 Å². The minimum absolute atomic E-state index is 0.0712. The predicted molar refractivity (Wildman–Crippen MR) is 149 cm³/mol. The zero-order chi connectivity index (χ0) is 27.6. The highest BCUT2D eigenvalue weighted by atomic mass is 35.5. The van der Waals surface area contributed by atoms with Crippen LogP contribution in [-0.4, -0.2) is 63.3 Å². The van der Waals surface area contributed by atoms with Gasteiger partial charge < -0.3 is 24.8 Å². The van der Waals surface area contributed by atoms with E-state index in [1.54, 1.807) is 6.92 Å². The third-order valence-corrected chi connectivity index (χ3v) is 6.41. The molecule has 2 aromatic heterocycles. The molecule has 1 unspecified atom stereocenters. The normalized spacial score (nSPS) is 17.7. The number of dihydropyridines is 1. The molecule has 0 aliphatic carbocycles. The summed E-state index contributed by atoms with van der Waals surface area (Å²) in [6, 6.07) is 7.97. The lowest BCUT2D eigenvalue weighted by molar-refractivity contribution is -0.437. The number of benzene rings is 1. The molecule has 1 aliphatic heterocycles. The molecule has 0 bridgehead atoms. The van der Waals surface area contributed by atoms with E-state index in [-0.39, 0.29) is 17.7 Å². The highest BCUT2D eigenvalue weighted by molar-refractivity contribution is 6.33. The molecule has 0 spiro atoms. The molecule has 1 aromatic carbocycles. The summed E-state index contributed by atoms with van der Waals surface area (Å²) < 4.78 is 8.04. The Hall–Kier alpha value is -3.67. The van der Waals surface area contributed by atoms with Crippen molar-refractivity contribution in [2.24, 2.45) is 7.05 Å². The largest absolute Gasteiger partial charge is 0.475 e. The number of aryl methyl sites for hydroxylation is 1. The van der Waals surface area contributed by atoms with Gasteiger partial charge in [-0.3, -0.25) is 15.4 Å². The van der Waals surface area contributed by atoms with Crippen molar-refractivity contribution in [2.75, 3.05) is 32.5 Å². The number of hydrogen-bond donors (Lipinski definition) is 3. The highest BCUT2D eigenvalue weighted by Gasteiger charge is 2.43. The molecule has 4 rings (SSSR count). The minimum Gasteiger partial charge on any atom is -0.475 e. The number of ether oxygens (including phenoxy) is 1. The van der Waals surface area contributed by atoms with Crippen molar-refractivity contribution in [1.82, 2.24) is 30.1 Å². The summed E-state index contributed by atoms with van der Waals surface area (Å²) >= 11 is 6.53. The number of allylic oxidation sites excluding steroid dienone is 1. The van der Waals surface area contributed by atoms with E-state index >= 15 is 0 Å². The summed E-state index contributed by atoms with van der Waals surface area (Å²) in [5, 5.41) is 23.1. The van der Waals surface area contributed by atoms with E-state index in [4.69, 9.17) is 16.3 Å². The van der Waals surface area contributed by atoms with Gasteiger partial charge in [0.15, 0.2) is 5.66 Å². The maximum Gasteiger partial charge on any atom is 0.288 e. The Balaban J connectivity index is 1.72. The number of nitrogens with one attached hydrogen (secondary N) is 3. The minimum atomic E-state index is -1.16. The topological polar surface area (TPSA) is 122 Å². The number of anilines is 1. The first-order valence-corrected chi connectivity index (χ1v) is 12.7. The Bertz CT molecular complexity index is 1410. The van der Waals surface area contributed by atoms with E-state index in [0.717, 1.165) is 16.5 Å². The molecule has 12 heteroatoms. The third-order valence-electron chi connectivity index (χ3n) is 6.13. The van der Waals surface area contributed by atoms with Crippen LogP contribution in [0.4, 0.5) is 5.95 Å². The summed E-state index contributed by atoms with van der Waals surface area (Å²) in [4.78, 5) is 22.7. The first-order valence-electron chi connectivity index (χ1n) is 12.3. The second-order valence-corrected chi connectivity index (χ2v) is 10.3. The fraction of sp³-hybridized carbons (Fsp3) is 0.385. The van der Waals surface area contributed by atoms with Crippen molar-refractivity contribution in [3.8, 4) is 11.3 Å². The SMILES string of the molecule is CC(C)OC1=C(Nc2ncc(Cl)c(-c3cn(C)c4ccccc34)n2)C=C([N+](=O)[O-])C(C)(NCCN(C)C)N1. The molecule has 1 aliphatic rings. The van der Waals surface area contributed by atoms with Gasteiger partial charge in [-0.2, -0.15) is 0 Å². The summed E-state index contributed by atoms with van der Waals surface area (Å²) in [6.45, 7) is 6.71. The molecule has 0 saturated heterocycles. The fourth-order valence-electron chi connectivity index (χ4n) is 4.29. The van der Waals surface area contributed by atoms with Crippen LogP contribution in [0, 0.1) is 10.1 Å². The van der Waals surface area contributed by atoms with Gasteiger partial charge in [0.05, 0.1) is 27.9 Å². The van der Waals surface area contributed by atoms with Crippen LogP contribution < -0.4 is 16.0 Å². The van der Waals surface area contributed by atoms with E-state index in [2.05, 4.69) is 25.9 Å². The lowest BCUT2D eigenvalue weighted by atomic mass is 10.0. The maximum absolute atomic E-state index is 12.1. The second kappa shape index (κ2) is 11.0. The zero-order valence-electron chi connectivity index (χ0n) is 22.4. The van der Waals surface area contributed by atoms with E-state index in [0.29, 0.717) is 35.4 Å². The molecule has 0 radical (unpaired) electrons. The number of fused-ring (bicyclic) bond motifs is 1. The average molecular weight is 541 g/mol. The van der Waals surface area contributed by atoms with Gasteiger partial charge in [0.2, 0.25) is 11.8 Å². The molecule has 3 N–H and O–H groups in total. The smallest absolute Gasteiger partial charge is 0.288 e. The quantitative estimate of drug-likeness (QED) is 0.259. The maximum atomic E-state index is 12.1. The molecular formula is C26H33ClN8O3. The summed E-state index contributed by atoms with van der Waals surface area (Å²) in [5.74, 6) is 0.567. The van der Waals surface area contributed by atoms with E-state index in [9.17, 15) is 10.1 Å². The van der Waals surface area contributed by atoms with Gasteiger partial charge in [0.1, 0.15) is 5.70 Å². The highest BCUT2D eigenvalue weighted by Crippen LogP contribution is 2.34. The Morgan fingerprint density at radius 3 is 2.74 bits per heavy atom. The van der Waals surface area contributed by atoms with E-state index in [1.807, 2.05) is 74.9 Å². The standard InChI is InChI=1S/C26H33ClN8O3/c1-16(2)38-24-20(13-22(35(36)37)26(3,32-24)29-11-12-33(4)5)30-25-28-14-19(27)23(31-25)18-15-34(6)21-10-8-7-9-17(18)21/h7-10,13-16,29,32H,11-12H2,1-6H3,(H,28,30,31). The predicted octanol–water partition coefficient (Wildman–Crippen LogP) is 3.93. The molecule has 0 fully saturated rings. The van der Waals surface area contributed by atoms with Crippen LogP contribution in [-0.2, 0) is 11.8 Å². The van der Waals surface area contributed by atoms with Crippen LogP contribution in [0.2, 0.25) is 5.02 Å². The van der Waals surface area contributed by atoms with Gasteiger partial charge in [0, 0.05) is 48.9 Å². The second-order valence-electron chi connectivity index (χ2n) is 9.86. The van der Waals surface area contributed by atoms with Crippen molar-refractivity contribution < 1.29 is 9.66 Å². The van der Waals surface area contributed by atoms with Gasteiger partial charge >= 0.3 is 0 Å².